The Morgan fingerprint density at radius 1 is 1.21 bits per heavy atom. The van der Waals surface area contributed by atoms with Crippen LogP contribution in [0.25, 0.3) is 0 Å². The fourth-order valence-electron chi connectivity index (χ4n) is 3.20. The minimum absolute atomic E-state index is 0.155. The van der Waals surface area contributed by atoms with E-state index in [9.17, 15) is 9.90 Å². The van der Waals surface area contributed by atoms with Crippen LogP contribution in [0.2, 0.25) is 0 Å². The second kappa shape index (κ2) is 8.08. The maximum atomic E-state index is 12.5. The third-order valence-corrected chi connectivity index (χ3v) is 4.57. The fourth-order valence-corrected chi connectivity index (χ4v) is 3.20. The maximum Gasteiger partial charge on any atom is 0.327 e. The molecule has 0 atom stereocenters. The van der Waals surface area contributed by atoms with Crippen molar-refractivity contribution in [1.82, 2.24) is 9.55 Å². The molecule has 0 aliphatic carbocycles. The lowest BCUT2D eigenvalue weighted by atomic mass is 9.96. The van der Waals surface area contributed by atoms with Gasteiger partial charge < -0.3 is 10.1 Å². The van der Waals surface area contributed by atoms with Gasteiger partial charge in [0.05, 0.1) is 12.2 Å². The van der Waals surface area contributed by atoms with Gasteiger partial charge in [-0.3, -0.25) is 4.57 Å². The summed E-state index contributed by atoms with van der Waals surface area (Å²) in [4.78, 5) is 24.1. The van der Waals surface area contributed by atoms with Gasteiger partial charge in [-0.1, -0.05) is 50.2 Å². The number of nitrogens with one attached hydrogen (secondary N) is 1. The Bertz CT molecular complexity index is 1090. The van der Waals surface area contributed by atoms with E-state index in [1.165, 1.54) is 4.57 Å². The summed E-state index contributed by atoms with van der Waals surface area (Å²) >= 11 is 0. The second-order valence-electron chi connectivity index (χ2n) is 6.97. The summed E-state index contributed by atoms with van der Waals surface area (Å²) in [7, 11) is 0. The van der Waals surface area contributed by atoms with Gasteiger partial charge in [-0.05, 0) is 42.8 Å². The van der Waals surface area contributed by atoms with E-state index in [-0.39, 0.29) is 18.0 Å². The van der Waals surface area contributed by atoms with E-state index in [2.05, 4.69) is 35.5 Å². The first-order valence-electron chi connectivity index (χ1n) is 9.12. The van der Waals surface area contributed by atoms with Gasteiger partial charge in [-0.25, -0.2) is 14.8 Å². The minimum Gasteiger partial charge on any atom is -0.508 e. The number of aromatic nitrogens is 2. The Morgan fingerprint density at radius 2 is 1.96 bits per heavy atom. The van der Waals surface area contributed by atoms with Crippen LogP contribution in [-0.2, 0) is 6.54 Å². The van der Waals surface area contributed by atoms with E-state index >= 15 is 0 Å². The molecule has 3 rings (SSSR count). The highest BCUT2D eigenvalue weighted by Crippen LogP contribution is 2.24. The SMILES string of the molecule is C=NC(=Nc1c(C)[nH]c(=O)n1Cc1cccc(O)c1)c1ccccc1C(C)C. The molecule has 28 heavy (non-hydrogen) atoms. The van der Waals surface area contributed by atoms with Crippen LogP contribution in [0.3, 0.4) is 0 Å². The molecule has 0 unspecified atom stereocenters. The molecule has 0 aliphatic heterocycles. The van der Waals surface area contributed by atoms with Crippen LogP contribution in [0.15, 0.2) is 63.3 Å². The summed E-state index contributed by atoms with van der Waals surface area (Å²) in [6.07, 6.45) is 0. The first-order chi connectivity index (χ1) is 13.4. The first-order valence-corrected chi connectivity index (χ1v) is 9.12. The number of H-pyrrole nitrogens is 1. The van der Waals surface area contributed by atoms with E-state index in [1.54, 1.807) is 25.1 Å². The molecule has 0 saturated carbocycles. The minimum atomic E-state index is -0.264. The number of hydrogen-bond acceptors (Lipinski definition) is 3. The summed E-state index contributed by atoms with van der Waals surface area (Å²) < 4.78 is 1.53. The highest BCUT2D eigenvalue weighted by molar-refractivity contribution is 6.04. The molecule has 2 aromatic carbocycles. The maximum absolute atomic E-state index is 12.5. The van der Waals surface area contributed by atoms with Crippen molar-refractivity contribution in [2.45, 2.75) is 33.2 Å². The molecule has 3 aromatic rings. The summed E-state index contributed by atoms with van der Waals surface area (Å²) in [6, 6.07) is 14.7. The van der Waals surface area contributed by atoms with Crippen molar-refractivity contribution in [2.75, 3.05) is 0 Å². The molecular formula is C22H24N4O2. The Morgan fingerprint density at radius 3 is 2.64 bits per heavy atom. The van der Waals surface area contributed by atoms with Crippen LogP contribution < -0.4 is 5.69 Å². The Balaban J connectivity index is 2.11. The van der Waals surface area contributed by atoms with E-state index in [0.29, 0.717) is 23.3 Å². The quantitative estimate of drug-likeness (QED) is 0.518. The highest BCUT2D eigenvalue weighted by atomic mass is 16.3. The molecule has 0 radical (unpaired) electrons. The van der Waals surface area contributed by atoms with Crippen molar-refractivity contribution in [1.29, 1.82) is 0 Å². The normalized spacial score (nSPS) is 11.8. The standard InChI is InChI=1S/C22H24N4O2/c1-14(2)18-10-5-6-11-19(18)20(23-4)25-21-15(3)24-22(28)26(21)13-16-8-7-9-17(27)12-16/h5-12,14,27H,4,13H2,1-3H3,(H,24,28). The van der Waals surface area contributed by atoms with E-state index in [0.717, 1.165) is 16.7 Å². The van der Waals surface area contributed by atoms with Gasteiger partial charge >= 0.3 is 5.69 Å². The molecule has 0 spiro atoms. The van der Waals surface area contributed by atoms with Crippen LogP contribution in [0.4, 0.5) is 5.82 Å². The van der Waals surface area contributed by atoms with Gasteiger partial charge in [0.2, 0.25) is 0 Å². The molecule has 6 heteroatoms. The smallest absolute Gasteiger partial charge is 0.327 e. The van der Waals surface area contributed by atoms with Crippen molar-refractivity contribution in [3.63, 3.8) is 0 Å². The van der Waals surface area contributed by atoms with Crippen molar-refractivity contribution in [3.8, 4) is 5.75 Å². The molecule has 0 bridgehead atoms. The predicted octanol–water partition coefficient (Wildman–Crippen LogP) is 4.14. The number of aromatic hydroxyl groups is 1. The number of aliphatic imine (C=N–C) groups is 2. The number of aryl methyl sites for hydroxylation is 1. The molecule has 6 nitrogen and oxygen atoms in total. The van der Waals surface area contributed by atoms with Gasteiger partial charge in [-0.15, -0.1) is 0 Å². The van der Waals surface area contributed by atoms with Crippen molar-refractivity contribution >= 4 is 18.4 Å². The average Bonchev–Trinajstić information content (AvgIpc) is 2.92. The lowest BCUT2D eigenvalue weighted by Gasteiger charge is -2.12. The number of aromatic amines is 1. The largest absolute Gasteiger partial charge is 0.508 e. The third-order valence-electron chi connectivity index (χ3n) is 4.57. The molecular weight excluding hydrogens is 352 g/mol. The van der Waals surface area contributed by atoms with Crippen LogP contribution in [0.1, 0.15) is 42.1 Å². The fraction of sp³-hybridized carbons (Fsp3) is 0.227. The number of imidazole rings is 1. The number of rotatable bonds is 5. The van der Waals surface area contributed by atoms with Crippen LogP contribution in [0.5, 0.6) is 5.75 Å². The van der Waals surface area contributed by atoms with Gasteiger partial charge in [0.15, 0.2) is 11.7 Å². The topological polar surface area (TPSA) is 82.7 Å². The molecule has 0 amide bonds. The zero-order valence-corrected chi connectivity index (χ0v) is 16.3. The zero-order valence-electron chi connectivity index (χ0n) is 16.3. The van der Waals surface area contributed by atoms with Gasteiger partial charge in [0.1, 0.15) is 5.75 Å². The monoisotopic (exact) mass is 376 g/mol. The number of hydrogen-bond donors (Lipinski definition) is 2. The molecule has 0 fully saturated rings. The number of nitrogens with zero attached hydrogens (tertiary/aromatic N) is 3. The Kier molecular flexibility index (Phi) is 5.59. The van der Waals surface area contributed by atoms with Crippen molar-refractivity contribution in [3.05, 3.63) is 81.4 Å². The number of phenols is 1. The first kappa shape index (κ1) is 19.4. The lowest BCUT2D eigenvalue weighted by Crippen LogP contribution is -2.17. The molecule has 0 saturated heterocycles. The predicted molar refractivity (Wildman–Crippen MR) is 113 cm³/mol. The average molecular weight is 376 g/mol. The van der Waals surface area contributed by atoms with Crippen molar-refractivity contribution < 1.29 is 5.11 Å². The van der Waals surface area contributed by atoms with Crippen LogP contribution in [-0.4, -0.2) is 27.2 Å². The van der Waals surface area contributed by atoms with Gasteiger partial charge in [-0.2, -0.15) is 0 Å². The summed E-state index contributed by atoms with van der Waals surface area (Å²) in [6.45, 7) is 9.99. The zero-order chi connectivity index (χ0) is 20.3. The highest BCUT2D eigenvalue weighted by Gasteiger charge is 2.15. The van der Waals surface area contributed by atoms with E-state index in [1.807, 2.05) is 30.3 Å². The van der Waals surface area contributed by atoms with Crippen LogP contribution >= 0.6 is 0 Å². The van der Waals surface area contributed by atoms with E-state index < -0.39 is 0 Å². The number of amidine groups is 1. The molecule has 1 heterocycles. The van der Waals surface area contributed by atoms with Gasteiger partial charge in [0.25, 0.3) is 0 Å². The number of phenolic OH excluding ortho intramolecular Hbond substituents is 1. The molecule has 1 aromatic heterocycles. The third kappa shape index (κ3) is 3.96. The summed E-state index contributed by atoms with van der Waals surface area (Å²) in [5.74, 6) is 1.41. The molecule has 2 N–H and O–H groups in total. The summed E-state index contributed by atoms with van der Waals surface area (Å²) in [5.41, 5.74) is 3.19. The van der Waals surface area contributed by atoms with Crippen molar-refractivity contribution in [2.24, 2.45) is 9.98 Å². The lowest BCUT2D eigenvalue weighted by molar-refractivity contribution is 0.474. The second-order valence-corrected chi connectivity index (χ2v) is 6.97. The Labute approximate surface area is 163 Å². The van der Waals surface area contributed by atoms with Gasteiger partial charge in [0, 0.05) is 5.56 Å². The van der Waals surface area contributed by atoms with E-state index in [4.69, 9.17) is 0 Å². The van der Waals surface area contributed by atoms with Crippen LogP contribution in [0, 0.1) is 6.92 Å². The molecule has 0 aliphatic rings. The number of benzene rings is 2. The summed E-state index contributed by atoms with van der Waals surface area (Å²) in [5, 5.41) is 9.70. The Hall–Kier alpha value is -3.41. The molecule has 144 valence electrons.